The van der Waals surface area contributed by atoms with Crippen molar-refractivity contribution in [2.45, 2.75) is 0 Å². The number of carbonyl (C=O) groups is 2. The van der Waals surface area contributed by atoms with Crippen LogP contribution in [0.2, 0.25) is 0 Å². The van der Waals surface area contributed by atoms with E-state index in [0.717, 1.165) is 16.7 Å². The maximum absolute atomic E-state index is 12.7. The number of carboxylic acids is 1. The van der Waals surface area contributed by atoms with Crippen LogP contribution in [0.4, 0.5) is 0 Å². The lowest BCUT2D eigenvalue weighted by Gasteiger charge is -2.06. The van der Waals surface area contributed by atoms with Crippen LogP contribution in [0.15, 0.2) is 54.7 Å². The molecule has 0 atom stereocenters. The number of fused-ring (bicyclic) bond motifs is 4. The summed E-state index contributed by atoms with van der Waals surface area (Å²) in [5.41, 5.74) is 4.96. The molecule has 0 spiro atoms. The average molecular weight is 341 g/mol. The van der Waals surface area contributed by atoms with Gasteiger partial charge in [-0.25, -0.2) is 14.8 Å². The van der Waals surface area contributed by atoms with Crippen molar-refractivity contribution in [3.63, 3.8) is 0 Å². The van der Waals surface area contributed by atoms with Gasteiger partial charge >= 0.3 is 5.97 Å². The minimum absolute atomic E-state index is 0.00314. The van der Waals surface area contributed by atoms with E-state index < -0.39 is 5.97 Å². The normalized spacial score (nSPS) is 12.2. The van der Waals surface area contributed by atoms with Crippen LogP contribution in [0.3, 0.4) is 0 Å². The molecule has 0 aliphatic heterocycles. The highest BCUT2D eigenvalue weighted by molar-refractivity contribution is 6.23. The number of hydrogen-bond donors (Lipinski definition) is 2. The van der Waals surface area contributed by atoms with Crippen LogP contribution < -0.4 is 0 Å². The first-order valence-corrected chi connectivity index (χ1v) is 8.00. The number of aromatic amines is 1. The molecular weight excluding hydrogens is 330 g/mol. The van der Waals surface area contributed by atoms with E-state index in [2.05, 4.69) is 15.0 Å². The van der Waals surface area contributed by atoms with E-state index >= 15 is 0 Å². The largest absolute Gasteiger partial charge is 0.477 e. The van der Waals surface area contributed by atoms with E-state index in [0.29, 0.717) is 28.0 Å². The highest BCUT2D eigenvalue weighted by Crippen LogP contribution is 2.42. The van der Waals surface area contributed by atoms with Crippen LogP contribution in [-0.2, 0) is 0 Å². The summed E-state index contributed by atoms with van der Waals surface area (Å²) in [6, 6.07) is 14.5. The minimum Gasteiger partial charge on any atom is -0.477 e. The standard InChI is InChI=1S/C20H11N3O3/c24-18-11-5-2-1-4-10(11)17-12(18)6-3-7-13(17)19-22-14-8-15(20(25)26)21-9-16(14)23-19/h1-9H,(H,22,23)(H,25,26). The molecule has 4 aromatic rings. The highest BCUT2D eigenvalue weighted by Gasteiger charge is 2.29. The van der Waals surface area contributed by atoms with E-state index in [9.17, 15) is 9.59 Å². The Morgan fingerprint density at radius 3 is 2.50 bits per heavy atom. The zero-order valence-electron chi connectivity index (χ0n) is 13.4. The second-order valence-electron chi connectivity index (χ2n) is 6.08. The predicted octanol–water partition coefficient (Wildman–Crippen LogP) is 3.53. The van der Waals surface area contributed by atoms with Crippen molar-refractivity contribution in [1.29, 1.82) is 0 Å². The number of aromatic carboxylic acids is 1. The number of H-pyrrole nitrogens is 1. The van der Waals surface area contributed by atoms with Gasteiger partial charge in [-0.2, -0.15) is 0 Å². The molecule has 2 heterocycles. The summed E-state index contributed by atoms with van der Waals surface area (Å²) in [4.78, 5) is 35.4. The van der Waals surface area contributed by atoms with Crippen molar-refractivity contribution in [3.05, 3.63) is 71.5 Å². The molecule has 2 aromatic carbocycles. The van der Waals surface area contributed by atoms with Crippen molar-refractivity contribution in [3.8, 4) is 22.5 Å². The molecule has 0 radical (unpaired) electrons. The molecule has 0 unspecified atom stereocenters. The lowest BCUT2D eigenvalue weighted by atomic mass is 9.99. The molecule has 124 valence electrons. The first-order valence-electron chi connectivity index (χ1n) is 8.00. The average Bonchev–Trinajstić information content (AvgIpc) is 3.21. The van der Waals surface area contributed by atoms with Gasteiger partial charge in [0, 0.05) is 22.3 Å². The Bertz CT molecular complexity index is 1240. The highest BCUT2D eigenvalue weighted by atomic mass is 16.4. The minimum atomic E-state index is -1.09. The Morgan fingerprint density at radius 2 is 1.69 bits per heavy atom. The van der Waals surface area contributed by atoms with Crippen LogP contribution in [0.1, 0.15) is 26.4 Å². The van der Waals surface area contributed by atoms with Gasteiger partial charge in [-0.15, -0.1) is 0 Å². The van der Waals surface area contributed by atoms with Crippen LogP contribution >= 0.6 is 0 Å². The van der Waals surface area contributed by atoms with E-state index in [1.807, 2.05) is 42.5 Å². The van der Waals surface area contributed by atoms with Gasteiger partial charge in [0.05, 0.1) is 11.7 Å². The Kier molecular flexibility index (Phi) is 2.85. The number of aromatic nitrogens is 3. The summed E-state index contributed by atoms with van der Waals surface area (Å²) < 4.78 is 0. The molecule has 0 saturated carbocycles. The van der Waals surface area contributed by atoms with Gasteiger partial charge < -0.3 is 10.1 Å². The number of rotatable bonds is 2. The van der Waals surface area contributed by atoms with Crippen molar-refractivity contribution in [2.24, 2.45) is 0 Å². The second-order valence-corrected chi connectivity index (χ2v) is 6.08. The maximum atomic E-state index is 12.7. The monoisotopic (exact) mass is 341 g/mol. The summed E-state index contributed by atoms with van der Waals surface area (Å²) in [6.45, 7) is 0. The quantitative estimate of drug-likeness (QED) is 0.512. The fourth-order valence-corrected chi connectivity index (χ4v) is 3.43. The molecule has 0 saturated heterocycles. The summed E-state index contributed by atoms with van der Waals surface area (Å²) in [5.74, 6) is -0.516. The fourth-order valence-electron chi connectivity index (χ4n) is 3.43. The number of nitrogens with one attached hydrogen (secondary N) is 1. The van der Waals surface area contributed by atoms with Gasteiger partial charge in [0.1, 0.15) is 17.0 Å². The molecule has 26 heavy (non-hydrogen) atoms. The number of carbonyl (C=O) groups excluding carboxylic acids is 1. The molecule has 6 heteroatoms. The third-order valence-electron chi connectivity index (χ3n) is 4.59. The fraction of sp³-hybridized carbons (Fsp3) is 0. The van der Waals surface area contributed by atoms with Crippen LogP contribution in [0.5, 0.6) is 0 Å². The third-order valence-corrected chi connectivity index (χ3v) is 4.59. The van der Waals surface area contributed by atoms with Crippen LogP contribution in [0, 0.1) is 0 Å². The number of nitrogens with zero attached hydrogens (tertiary/aromatic N) is 2. The van der Waals surface area contributed by atoms with Crippen molar-refractivity contribution < 1.29 is 14.7 Å². The number of pyridine rings is 1. The molecule has 6 nitrogen and oxygen atoms in total. The van der Waals surface area contributed by atoms with Gasteiger partial charge in [-0.05, 0) is 11.6 Å². The van der Waals surface area contributed by atoms with E-state index in [1.165, 1.54) is 12.3 Å². The maximum Gasteiger partial charge on any atom is 0.354 e. The zero-order valence-corrected chi connectivity index (χ0v) is 13.4. The predicted molar refractivity (Wildman–Crippen MR) is 95.2 cm³/mol. The Hall–Kier alpha value is -3.80. The Morgan fingerprint density at radius 1 is 0.962 bits per heavy atom. The topological polar surface area (TPSA) is 95.9 Å². The van der Waals surface area contributed by atoms with Crippen LogP contribution in [0.25, 0.3) is 33.5 Å². The molecule has 5 rings (SSSR count). The van der Waals surface area contributed by atoms with Crippen molar-refractivity contribution >= 4 is 22.8 Å². The lowest BCUT2D eigenvalue weighted by molar-refractivity contribution is 0.0690. The second kappa shape index (κ2) is 5.10. The van der Waals surface area contributed by atoms with Gasteiger partial charge in [-0.1, -0.05) is 42.5 Å². The summed E-state index contributed by atoms with van der Waals surface area (Å²) in [6.07, 6.45) is 1.43. The molecule has 0 amide bonds. The summed E-state index contributed by atoms with van der Waals surface area (Å²) in [5, 5.41) is 9.10. The number of benzene rings is 2. The molecule has 0 fully saturated rings. The van der Waals surface area contributed by atoms with Gasteiger partial charge in [0.15, 0.2) is 5.78 Å². The number of carboxylic acid groups (broad SMARTS) is 1. The number of imidazole rings is 1. The summed E-state index contributed by atoms with van der Waals surface area (Å²) >= 11 is 0. The molecule has 2 aromatic heterocycles. The Labute approximate surface area is 147 Å². The van der Waals surface area contributed by atoms with Gasteiger partial charge in [0.25, 0.3) is 0 Å². The zero-order chi connectivity index (χ0) is 17.8. The molecule has 1 aliphatic rings. The number of hydrogen-bond acceptors (Lipinski definition) is 4. The van der Waals surface area contributed by atoms with Gasteiger partial charge in [0.2, 0.25) is 0 Å². The van der Waals surface area contributed by atoms with E-state index in [4.69, 9.17) is 5.11 Å². The number of ketones is 1. The SMILES string of the molecule is O=C(O)c1cc2[nH]c(-c3cccc4c3-c3ccccc3C4=O)nc2cn1. The first-order chi connectivity index (χ1) is 12.6. The first kappa shape index (κ1) is 14.5. The molecular formula is C20H11N3O3. The van der Waals surface area contributed by atoms with Gasteiger partial charge in [-0.3, -0.25) is 4.79 Å². The van der Waals surface area contributed by atoms with Crippen molar-refractivity contribution in [2.75, 3.05) is 0 Å². The third kappa shape index (κ3) is 1.92. The molecule has 2 N–H and O–H groups in total. The Balaban J connectivity index is 1.76. The molecule has 1 aliphatic carbocycles. The van der Waals surface area contributed by atoms with Crippen LogP contribution in [-0.4, -0.2) is 31.8 Å². The van der Waals surface area contributed by atoms with Crippen molar-refractivity contribution in [1.82, 2.24) is 15.0 Å². The molecule has 0 bridgehead atoms. The van der Waals surface area contributed by atoms with E-state index in [1.54, 1.807) is 0 Å². The van der Waals surface area contributed by atoms with E-state index in [-0.39, 0.29) is 11.5 Å². The smallest absolute Gasteiger partial charge is 0.354 e. The summed E-state index contributed by atoms with van der Waals surface area (Å²) in [7, 11) is 0. The lowest BCUT2D eigenvalue weighted by Crippen LogP contribution is -1.98.